The minimum atomic E-state index is -1.22. The topological polar surface area (TPSA) is 40.5 Å². The Bertz CT molecular complexity index is 113. The van der Waals surface area contributed by atoms with E-state index in [1.165, 1.54) is 0 Å². The zero-order valence-corrected chi connectivity index (χ0v) is 5.19. The van der Waals surface area contributed by atoms with Gasteiger partial charge in [0.15, 0.2) is 0 Å². The minimum absolute atomic E-state index is 0.745. The average molecular weight is 130 g/mol. The lowest BCUT2D eigenvalue weighted by Crippen LogP contribution is -2.15. The van der Waals surface area contributed by atoms with E-state index >= 15 is 0 Å². The summed E-state index contributed by atoms with van der Waals surface area (Å²) in [5.74, 6) is 1.70. The molecule has 0 atom stereocenters. The Morgan fingerprint density at radius 1 is 1.62 bits per heavy atom. The van der Waals surface area contributed by atoms with Gasteiger partial charge in [-0.05, 0) is 5.47 Å². The van der Waals surface area contributed by atoms with Gasteiger partial charge in [0, 0.05) is 11.5 Å². The molecule has 0 radical (unpaired) electrons. The quantitative estimate of drug-likeness (QED) is 0.477. The van der Waals surface area contributed by atoms with Gasteiger partial charge < -0.3 is 10.0 Å². The smallest absolute Gasteiger partial charge is 0.423 e. The fourth-order valence-corrected chi connectivity index (χ4v) is 1.53. The van der Waals surface area contributed by atoms with E-state index in [9.17, 15) is 0 Å². The minimum Gasteiger partial charge on any atom is -0.423 e. The number of thioether (sulfide) groups is 1. The van der Waals surface area contributed by atoms with E-state index in [0.717, 1.165) is 17.0 Å². The van der Waals surface area contributed by atoms with Gasteiger partial charge in [0.05, 0.1) is 0 Å². The predicted molar refractivity (Wildman–Crippen MR) is 35.6 cm³/mol. The molecule has 0 aliphatic carbocycles. The molecule has 1 aliphatic heterocycles. The van der Waals surface area contributed by atoms with Gasteiger partial charge in [-0.15, -0.1) is 0 Å². The molecule has 0 spiro atoms. The van der Waals surface area contributed by atoms with Crippen molar-refractivity contribution in [2.75, 3.05) is 11.5 Å². The molecule has 1 rings (SSSR count). The molecular formula is C4H7BO2S. The Kier molecular flexibility index (Phi) is 1.99. The molecule has 4 heteroatoms. The van der Waals surface area contributed by atoms with Crippen molar-refractivity contribution in [3.05, 3.63) is 11.5 Å². The van der Waals surface area contributed by atoms with Crippen molar-refractivity contribution in [1.82, 2.24) is 0 Å². The van der Waals surface area contributed by atoms with Crippen LogP contribution >= 0.6 is 11.8 Å². The molecule has 0 aromatic rings. The van der Waals surface area contributed by atoms with Gasteiger partial charge in [0.2, 0.25) is 0 Å². The van der Waals surface area contributed by atoms with Crippen molar-refractivity contribution in [2.45, 2.75) is 0 Å². The molecule has 0 saturated heterocycles. The Labute approximate surface area is 52.7 Å². The van der Waals surface area contributed by atoms with Crippen LogP contribution in [0.2, 0.25) is 0 Å². The van der Waals surface area contributed by atoms with E-state index in [1.807, 2.05) is 6.08 Å². The molecule has 0 aromatic heterocycles. The highest BCUT2D eigenvalue weighted by atomic mass is 32.2. The second-order valence-electron chi connectivity index (χ2n) is 1.67. The van der Waals surface area contributed by atoms with Gasteiger partial charge in [-0.2, -0.15) is 11.8 Å². The van der Waals surface area contributed by atoms with Crippen molar-refractivity contribution in [3.8, 4) is 0 Å². The largest absolute Gasteiger partial charge is 0.484 e. The third-order valence-corrected chi connectivity index (χ3v) is 2.00. The molecule has 1 heterocycles. The maximum Gasteiger partial charge on any atom is 0.484 e. The zero-order valence-electron chi connectivity index (χ0n) is 4.37. The van der Waals surface area contributed by atoms with Crippen molar-refractivity contribution < 1.29 is 10.0 Å². The molecule has 2 nitrogen and oxygen atoms in total. The fraction of sp³-hybridized carbons (Fsp3) is 0.500. The lowest BCUT2D eigenvalue weighted by molar-refractivity contribution is 0.419. The van der Waals surface area contributed by atoms with Crippen LogP contribution in [0, 0.1) is 0 Å². The van der Waals surface area contributed by atoms with Crippen LogP contribution in [0.15, 0.2) is 11.5 Å². The fourth-order valence-electron chi connectivity index (χ4n) is 0.582. The SMILES string of the molecule is OB(O)C1=CCSC1. The van der Waals surface area contributed by atoms with Gasteiger partial charge in [-0.25, -0.2) is 0 Å². The van der Waals surface area contributed by atoms with Gasteiger partial charge in [0.25, 0.3) is 0 Å². The molecule has 2 N–H and O–H groups in total. The lowest BCUT2D eigenvalue weighted by Gasteiger charge is -1.93. The Balaban J connectivity index is 2.45. The zero-order chi connectivity index (χ0) is 5.98. The summed E-state index contributed by atoms with van der Waals surface area (Å²) in [6, 6.07) is 0. The molecule has 0 aromatic carbocycles. The third-order valence-electron chi connectivity index (χ3n) is 1.06. The summed E-state index contributed by atoms with van der Waals surface area (Å²) in [7, 11) is -1.22. The van der Waals surface area contributed by atoms with Crippen molar-refractivity contribution in [2.24, 2.45) is 0 Å². The van der Waals surface area contributed by atoms with E-state index in [1.54, 1.807) is 11.8 Å². The van der Waals surface area contributed by atoms with E-state index in [2.05, 4.69) is 0 Å². The van der Waals surface area contributed by atoms with Crippen LogP contribution in [0.25, 0.3) is 0 Å². The highest BCUT2D eigenvalue weighted by molar-refractivity contribution is 7.99. The number of hydrogen-bond donors (Lipinski definition) is 2. The number of rotatable bonds is 1. The molecule has 44 valence electrons. The summed E-state index contributed by atoms with van der Waals surface area (Å²) in [4.78, 5) is 0. The van der Waals surface area contributed by atoms with Crippen LogP contribution in [-0.4, -0.2) is 28.7 Å². The summed E-state index contributed by atoms with van der Waals surface area (Å²) in [5, 5.41) is 17.1. The maximum absolute atomic E-state index is 8.53. The van der Waals surface area contributed by atoms with Crippen molar-refractivity contribution in [3.63, 3.8) is 0 Å². The van der Waals surface area contributed by atoms with Crippen LogP contribution < -0.4 is 0 Å². The standard InChI is InChI=1S/C4H7BO2S/c6-5(7)4-1-2-8-3-4/h1,6-7H,2-3H2. The first kappa shape index (κ1) is 6.20. The molecule has 0 bridgehead atoms. The predicted octanol–water partition coefficient (Wildman–Crippen LogP) is -0.328. The highest BCUT2D eigenvalue weighted by Crippen LogP contribution is 2.16. The van der Waals surface area contributed by atoms with E-state index in [0.29, 0.717) is 0 Å². The second kappa shape index (κ2) is 2.57. The summed E-state index contributed by atoms with van der Waals surface area (Å²) in [5.41, 5.74) is 0.745. The number of hydrogen-bond acceptors (Lipinski definition) is 3. The normalized spacial score (nSPS) is 18.5. The molecule has 0 saturated carbocycles. The van der Waals surface area contributed by atoms with Gasteiger partial charge >= 0.3 is 7.12 Å². The van der Waals surface area contributed by atoms with Crippen LogP contribution in [0.4, 0.5) is 0 Å². The first-order chi connectivity index (χ1) is 3.80. The summed E-state index contributed by atoms with van der Waals surface area (Å²) >= 11 is 1.70. The van der Waals surface area contributed by atoms with Crippen LogP contribution in [0.3, 0.4) is 0 Å². The monoisotopic (exact) mass is 130 g/mol. The van der Waals surface area contributed by atoms with Crippen molar-refractivity contribution >= 4 is 18.9 Å². The van der Waals surface area contributed by atoms with Crippen molar-refractivity contribution in [1.29, 1.82) is 0 Å². The Morgan fingerprint density at radius 2 is 2.38 bits per heavy atom. The first-order valence-corrected chi connectivity index (χ1v) is 3.59. The third kappa shape index (κ3) is 1.28. The summed E-state index contributed by atoms with van der Waals surface area (Å²) in [6.07, 6.45) is 1.86. The first-order valence-electron chi connectivity index (χ1n) is 2.43. The van der Waals surface area contributed by atoms with E-state index in [4.69, 9.17) is 10.0 Å². The summed E-state index contributed by atoms with van der Waals surface area (Å²) < 4.78 is 0. The molecule has 0 amide bonds. The van der Waals surface area contributed by atoms with E-state index < -0.39 is 7.12 Å². The molecule has 1 aliphatic rings. The van der Waals surface area contributed by atoms with Gasteiger partial charge in [-0.1, -0.05) is 6.08 Å². The van der Waals surface area contributed by atoms with Crippen LogP contribution in [0.5, 0.6) is 0 Å². The Morgan fingerprint density at radius 3 is 2.62 bits per heavy atom. The average Bonchev–Trinajstić information content (AvgIpc) is 2.12. The molecule has 0 unspecified atom stereocenters. The molecule has 8 heavy (non-hydrogen) atoms. The second-order valence-corrected chi connectivity index (χ2v) is 2.70. The van der Waals surface area contributed by atoms with Crippen LogP contribution in [0.1, 0.15) is 0 Å². The molecular weight excluding hydrogens is 123 g/mol. The van der Waals surface area contributed by atoms with Gasteiger partial charge in [0.1, 0.15) is 0 Å². The van der Waals surface area contributed by atoms with Gasteiger partial charge in [-0.3, -0.25) is 0 Å². The lowest BCUT2D eigenvalue weighted by atomic mass is 9.81. The summed E-state index contributed by atoms with van der Waals surface area (Å²) in [6.45, 7) is 0. The van der Waals surface area contributed by atoms with E-state index in [-0.39, 0.29) is 0 Å². The molecule has 0 fully saturated rings. The Hall–Kier alpha value is 0.0749. The maximum atomic E-state index is 8.53. The highest BCUT2D eigenvalue weighted by Gasteiger charge is 2.16. The van der Waals surface area contributed by atoms with Crippen LogP contribution in [-0.2, 0) is 0 Å².